The zero-order valence-corrected chi connectivity index (χ0v) is 9.86. The number of aryl methyl sites for hydroxylation is 1. The van der Waals surface area contributed by atoms with Crippen LogP contribution in [0.4, 0.5) is 0 Å². The Kier molecular flexibility index (Phi) is 4.02. The van der Waals surface area contributed by atoms with Crippen molar-refractivity contribution in [2.45, 2.75) is 18.0 Å². The van der Waals surface area contributed by atoms with Gasteiger partial charge in [0.15, 0.2) is 0 Å². The Morgan fingerprint density at radius 1 is 1.19 bits per heavy atom. The fourth-order valence-electron chi connectivity index (χ4n) is 1.41. The lowest BCUT2D eigenvalue weighted by atomic mass is 10.4. The van der Waals surface area contributed by atoms with Crippen molar-refractivity contribution in [3.05, 3.63) is 48.3 Å². The molecule has 0 bridgehead atoms. The molecule has 0 unspecified atom stereocenters. The van der Waals surface area contributed by atoms with Gasteiger partial charge in [0.05, 0.1) is 12.2 Å². The highest BCUT2D eigenvalue weighted by Crippen LogP contribution is 2.16. The summed E-state index contributed by atoms with van der Waals surface area (Å²) in [6, 6.07) is 12.4. The number of hydrogen-bond acceptors (Lipinski definition) is 3. The van der Waals surface area contributed by atoms with Gasteiger partial charge in [0.1, 0.15) is 0 Å². The first-order chi connectivity index (χ1) is 7.88. The van der Waals surface area contributed by atoms with Gasteiger partial charge in [-0.2, -0.15) is 5.10 Å². The van der Waals surface area contributed by atoms with Crippen LogP contribution in [0.5, 0.6) is 0 Å². The number of aromatic nitrogens is 2. The molecule has 1 aromatic carbocycles. The van der Waals surface area contributed by atoms with Crippen LogP contribution in [-0.4, -0.2) is 15.5 Å². The number of hydrogen-bond donors (Lipinski definition) is 1. The second-order valence-electron chi connectivity index (χ2n) is 3.44. The van der Waals surface area contributed by atoms with Gasteiger partial charge < -0.3 is 5.73 Å². The molecule has 0 aliphatic carbocycles. The number of nitrogens with zero attached hydrogens (tertiary/aromatic N) is 2. The van der Waals surface area contributed by atoms with Gasteiger partial charge in [-0.3, -0.25) is 4.68 Å². The minimum Gasteiger partial charge on any atom is -0.325 e. The molecule has 1 heterocycles. The molecule has 3 nitrogen and oxygen atoms in total. The first-order valence-electron chi connectivity index (χ1n) is 5.29. The molecule has 0 amide bonds. The van der Waals surface area contributed by atoms with E-state index in [2.05, 4.69) is 29.4 Å². The molecule has 0 spiro atoms. The Morgan fingerprint density at radius 2 is 2.00 bits per heavy atom. The molecular formula is C12H15N3S. The Bertz CT molecular complexity index is 425. The van der Waals surface area contributed by atoms with Gasteiger partial charge in [0.25, 0.3) is 0 Å². The van der Waals surface area contributed by atoms with E-state index in [4.69, 9.17) is 5.73 Å². The Labute approximate surface area is 99.7 Å². The minimum absolute atomic E-state index is 0.513. The summed E-state index contributed by atoms with van der Waals surface area (Å²) in [6.07, 6.45) is 1.98. The summed E-state index contributed by atoms with van der Waals surface area (Å²) in [5, 5.41) is 4.34. The second-order valence-corrected chi connectivity index (χ2v) is 4.60. The number of nitrogens with two attached hydrogens (primary N) is 1. The van der Waals surface area contributed by atoms with Crippen molar-refractivity contribution in [1.29, 1.82) is 0 Å². The Hall–Kier alpha value is -1.26. The molecule has 0 fully saturated rings. The molecule has 0 saturated heterocycles. The maximum absolute atomic E-state index is 5.50. The molecule has 0 saturated carbocycles. The van der Waals surface area contributed by atoms with Crippen molar-refractivity contribution in [1.82, 2.24) is 9.78 Å². The largest absolute Gasteiger partial charge is 0.325 e. The van der Waals surface area contributed by atoms with E-state index in [1.165, 1.54) is 4.90 Å². The van der Waals surface area contributed by atoms with E-state index < -0.39 is 0 Å². The highest BCUT2D eigenvalue weighted by atomic mass is 32.2. The fourth-order valence-corrected chi connectivity index (χ4v) is 2.27. The Morgan fingerprint density at radius 3 is 2.69 bits per heavy atom. The van der Waals surface area contributed by atoms with Gasteiger partial charge in [0, 0.05) is 23.4 Å². The highest BCUT2D eigenvalue weighted by molar-refractivity contribution is 7.99. The van der Waals surface area contributed by atoms with Gasteiger partial charge >= 0.3 is 0 Å². The molecule has 1 aromatic heterocycles. The molecule has 2 aromatic rings. The number of benzene rings is 1. The standard InChI is InChI=1S/C12H15N3S/c13-10-11-6-7-15(14-11)8-9-16-12-4-2-1-3-5-12/h1-7H,8-10,13H2. The van der Waals surface area contributed by atoms with E-state index in [0.29, 0.717) is 6.54 Å². The van der Waals surface area contributed by atoms with Crippen LogP contribution in [0.3, 0.4) is 0 Å². The first kappa shape index (κ1) is 11.2. The summed E-state index contributed by atoms with van der Waals surface area (Å²) in [5.41, 5.74) is 6.45. The molecule has 0 radical (unpaired) electrons. The van der Waals surface area contributed by atoms with E-state index in [1.54, 1.807) is 0 Å². The normalized spacial score (nSPS) is 10.6. The topological polar surface area (TPSA) is 43.8 Å². The third-order valence-corrected chi connectivity index (χ3v) is 3.23. The van der Waals surface area contributed by atoms with Crippen LogP contribution in [0.2, 0.25) is 0 Å². The van der Waals surface area contributed by atoms with Gasteiger partial charge in [-0.1, -0.05) is 18.2 Å². The molecular weight excluding hydrogens is 218 g/mol. The van der Waals surface area contributed by atoms with Crippen molar-refractivity contribution >= 4 is 11.8 Å². The lowest BCUT2D eigenvalue weighted by Gasteiger charge is -2.01. The third-order valence-electron chi connectivity index (χ3n) is 2.24. The van der Waals surface area contributed by atoms with E-state index in [1.807, 2.05) is 34.8 Å². The predicted octanol–water partition coefficient (Wildman–Crippen LogP) is 2.13. The number of thioether (sulfide) groups is 1. The van der Waals surface area contributed by atoms with Crippen molar-refractivity contribution in [3.63, 3.8) is 0 Å². The van der Waals surface area contributed by atoms with Gasteiger partial charge in [-0.15, -0.1) is 11.8 Å². The van der Waals surface area contributed by atoms with Crippen LogP contribution in [0.1, 0.15) is 5.69 Å². The predicted molar refractivity (Wildman–Crippen MR) is 67.3 cm³/mol. The molecule has 2 N–H and O–H groups in total. The summed E-state index contributed by atoms with van der Waals surface area (Å²) in [4.78, 5) is 1.30. The fraction of sp³-hybridized carbons (Fsp3) is 0.250. The average Bonchev–Trinajstić information content (AvgIpc) is 2.78. The van der Waals surface area contributed by atoms with Crippen molar-refractivity contribution in [2.24, 2.45) is 5.73 Å². The smallest absolute Gasteiger partial charge is 0.0760 e. The van der Waals surface area contributed by atoms with Gasteiger partial charge in [0.2, 0.25) is 0 Å². The van der Waals surface area contributed by atoms with Crippen LogP contribution < -0.4 is 5.73 Å². The van der Waals surface area contributed by atoms with Crippen molar-refractivity contribution < 1.29 is 0 Å². The molecule has 0 atom stereocenters. The summed E-state index contributed by atoms with van der Waals surface area (Å²) in [6.45, 7) is 1.43. The van der Waals surface area contributed by atoms with E-state index in [9.17, 15) is 0 Å². The molecule has 0 aliphatic rings. The quantitative estimate of drug-likeness (QED) is 0.805. The van der Waals surface area contributed by atoms with Crippen LogP contribution in [0.25, 0.3) is 0 Å². The van der Waals surface area contributed by atoms with E-state index in [-0.39, 0.29) is 0 Å². The number of rotatable bonds is 5. The maximum atomic E-state index is 5.50. The molecule has 4 heteroatoms. The monoisotopic (exact) mass is 233 g/mol. The maximum Gasteiger partial charge on any atom is 0.0760 e. The lowest BCUT2D eigenvalue weighted by Crippen LogP contribution is -2.03. The van der Waals surface area contributed by atoms with Crippen LogP contribution in [0, 0.1) is 0 Å². The third kappa shape index (κ3) is 3.12. The molecule has 2 rings (SSSR count). The van der Waals surface area contributed by atoms with Crippen molar-refractivity contribution in [2.75, 3.05) is 5.75 Å². The van der Waals surface area contributed by atoms with Crippen molar-refractivity contribution in [3.8, 4) is 0 Å². The first-order valence-corrected chi connectivity index (χ1v) is 6.27. The van der Waals surface area contributed by atoms with Crippen LogP contribution in [-0.2, 0) is 13.1 Å². The van der Waals surface area contributed by atoms with Crippen LogP contribution >= 0.6 is 11.8 Å². The molecule has 84 valence electrons. The Balaban J connectivity index is 1.80. The zero-order valence-electron chi connectivity index (χ0n) is 9.04. The van der Waals surface area contributed by atoms with Crippen LogP contribution in [0.15, 0.2) is 47.5 Å². The van der Waals surface area contributed by atoms with Gasteiger partial charge in [-0.05, 0) is 18.2 Å². The summed E-state index contributed by atoms with van der Waals surface area (Å²) in [7, 11) is 0. The molecule has 16 heavy (non-hydrogen) atoms. The van der Waals surface area contributed by atoms with E-state index in [0.717, 1.165) is 18.0 Å². The highest BCUT2D eigenvalue weighted by Gasteiger charge is 1.97. The summed E-state index contributed by atoms with van der Waals surface area (Å²) < 4.78 is 1.94. The van der Waals surface area contributed by atoms with Gasteiger partial charge in [-0.25, -0.2) is 0 Å². The van der Waals surface area contributed by atoms with E-state index >= 15 is 0 Å². The molecule has 0 aliphatic heterocycles. The average molecular weight is 233 g/mol. The zero-order chi connectivity index (χ0) is 11.2. The second kappa shape index (κ2) is 5.72. The summed E-state index contributed by atoms with van der Waals surface area (Å²) in [5.74, 6) is 1.02. The summed E-state index contributed by atoms with van der Waals surface area (Å²) >= 11 is 1.84. The SMILES string of the molecule is NCc1ccn(CCSc2ccccc2)n1. The lowest BCUT2D eigenvalue weighted by molar-refractivity contribution is 0.653. The minimum atomic E-state index is 0.513.